The van der Waals surface area contributed by atoms with Crippen LogP contribution >= 0.6 is 0 Å². The van der Waals surface area contributed by atoms with Crippen molar-refractivity contribution in [2.45, 2.75) is 97.3 Å². The lowest BCUT2D eigenvalue weighted by Crippen LogP contribution is -1.98. The molecule has 0 aliphatic heterocycles. The summed E-state index contributed by atoms with van der Waals surface area (Å²) in [6, 6.07) is 5.81. The second kappa shape index (κ2) is 13.3. The maximum Gasteiger partial charge on any atom is 0.264 e. The molecule has 0 aliphatic rings. The number of ketones is 1. The molecule has 3 nitrogen and oxygen atoms in total. The summed E-state index contributed by atoms with van der Waals surface area (Å²) in [5, 5.41) is 0. The maximum atomic E-state index is 12.3. The lowest BCUT2D eigenvalue weighted by Gasteiger charge is -1.99. The van der Waals surface area contributed by atoms with E-state index >= 15 is 0 Å². The Balaban J connectivity index is 1.49. The summed E-state index contributed by atoms with van der Waals surface area (Å²) in [5.74, 6) is 0.288. The largest absolute Gasteiger partial charge is 0.433 e. The van der Waals surface area contributed by atoms with Crippen LogP contribution in [-0.2, 0) is 0 Å². The van der Waals surface area contributed by atoms with Crippen molar-refractivity contribution in [3.8, 4) is 0 Å². The summed E-state index contributed by atoms with van der Waals surface area (Å²) in [4.78, 5) is 16.6. The van der Waals surface area contributed by atoms with Gasteiger partial charge in [-0.05, 0) is 50.7 Å². The standard InChI is InChI=1S/C25H37NO2/c1-3-4-5-6-7-8-9-10-11-12-13-14-15-16-20-23(27)25-26-22-19-17-18-21(2)24(22)28-25/h10-11,17-19H,3-9,12-16,20H2,1-2H3/b11-10-. The van der Waals surface area contributed by atoms with Crippen molar-refractivity contribution >= 4 is 16.9 Å². The van der Waals surface area contributed by atoms with Gasteiger partial charge in [-0.2, -0.15) is 0 Å². The molecule has 3 heteroatoms. The van der Waals surface area contributed by atoms with Gasteiger partial charge in [-0.1, -0.05) is 76.2 Å². The number of rotatable bonds is 15. The second-order valence-corrected chi connectivity index (χ2v) is 7.85. The van der Waals surface area contributed by atoms with Gasteiger partial charge in [-0.25, -0.2) is 4.98 Å². The summed E-state index contributed by atoms with van der Waals surface area (Å²) in [6.45, 7) is 4.24. The molecular weight excluding hydrogens is 346 g/mol. The molecule has 28 heavy (non-hydrogen) atoms. The molecule has 0 spiro atoms. The first-order valence-corrected chi connectivity index (χ1v) is 11.3. The van der Waals surface area contributed by atoms with Crippen molar-refractivity contribution in [3.05, 3.63) is 41.8 Å². The van der Waals surface area contributed by atoms with Gasteiger partial charge in [0.25, 0.3) is 5.89 Å². The van der Waals surface area contributed by atoms with Crippen LogP contribution in [0.5, 0.6) is 0 Å². The van der Waals surface area contributed by atoms with E-state index in [1.54, 1.807) is 0 Å². The first-order valence-electron chi connectivity index (χ1n) is 11.3. The second-order valence-electron chi connectivity index (χ2n) is 7.85. The molecule has 0 bridgehead atoms. The number of hydrogen-bond acceptors (Lipinski definition) is 3. The number of benzene rings is 1. The third kappa shape index (κ3) is 8.00. The SMILES string of the molecule is CCCCCCCC/C=C\CCCCCCC(=O)c1nc2cccc(C)c2o1. The monoisotopic (exact) mass is 383 g/mol. The molecular formula is C25H37NO2. The zero-order valence-electron chi connectivity index (χ0n) is 17.8. The predicted octanol–water partition coefficient (Wildman–Crippen LogP) is 7.97. The van der Waals surface area contributed by atoms with Gasteiger partial charge in [0.05, 0.1) is 0 Å². The van der Waals surface area contributed by atoms with Crippen LogP contribution in [0, 0.1) is 6.92 Å². The van der Waals surface area contributed by atoms with Gasteiger partial charge in [0.2, 0.25) is 5.78 Å². The normalized spacial score (nSPS) is 11.6. The van der Waals surface area contributed by atoms with Gasteiger partial charge in [-0.15, -0.1) is 0 Å². The number of aryl methyl sites for hydroxylation is 1. The average molecular weight is 384 g/mol. The van der Waals surface area contributed by atoms with Gasteiger partial charge >= 0.3 is 0 Å². The summed E-state index contributed by atoms with van der Waals surface area (Å²) in [5.41, 5.74) is 2.53. The highest BCUT2D eigenvalue weighted by atomic mass is 16.4. The fourth-order valence-electron chi connectivity index (χ4n) is 3.49. The molecule has 154 valence electrons. The van der Waals surface area contributed by atoms with E-state index in [0.717, 1.165) is 35.9 Å². The maximum absolute atomic E-state index is 12.3. The van der Waals surface area contributed by atoms with E-state index in [-0.39, 0.29) is 11.7 Å². The number of Topliss-reactive ketones (excluding diaryl/α,β-unsaturated/α-hetero) is 1. The average Bonchev–Trinajstić information content (AvgIpc) is 3.14. The van der Waals surface area contributed by atoms with Crippen LogP contribution < -0.4 is 0 Å². The summed E-state index contributed by atoms with van der Waals surface area (Å²) in [7, 11) is 0. The number of allylic oxidation sites excluding steroid dienone is 2. The molecule has 0 N–H and O–H groups in total. The molecule has 0 atom stereocenters. The quantitative estimate of drug-likeness (QED) is 0.178. The van der Waals surface area contributed by atoms with Crippen LogP contribution in [0.1, 0.15) is 107 Å². The van der Waals surface area contributed by atoms with Gasteiger partial charge in [0.15, 0.2) is 5.58 Å². The van der Waals surface area contributed by atoms with Crippen LogP contribution in [0.25, 0.3) is 11.1 Å². The van der Waals surface area contributed by atoms with Crippen molar-refractivity contribution in [2.75, 3.05) is 0 Å². The Kier molecular flexibility index (Phi) is 10.6. The number of fused-ring (bicyclic) bond motifs is 1. The number of carbonyl (C=O) groups is 1. The van der Waals surface area contributed by atoms with Gasteiger partial charge in [-0.3, -0.25) is 4.79 Å². The van der Waals surface area contributed by atoms with Crippen molar-refractivity contribution in [1.29, 1.82) is 0 Å². The van der Waals surface area contributed by atoms with E-state index < -0.39 is 0 Å². The van der Waals surface area contributed by atoms with Crippen LogP contribution in [0.15, 0.2) is 34.8 Å². The number of nitrogens with zero attached hydrogens (tertiary/aromatic N) is 1. The molecule has 0 unspecified atom stereocenters. The van der Waals surface area contributed by atoms with E-state index in [2.05, 4.69) is 24.1 Å². The molecule has 0 aliphatic carbocycles. The zero-order chi connectivity index (χ0) is 20.0. The number of unbranched alkanes of at least 4 members (excludes halogenated alkanes) is 10. The number of aromatic nitrogens is 1. The van der Waals surface area contributed by atoms with Gasteiger partial charge in [0, 0.05) is 6.42 Å². The number of hydrogen-bond donors (Lipinski definition) is 0. The number of para-hydroxylation sites is 1. The van der Waals surface area contributed by atoms with E-state index in [9.17, 15) is 4.79 Å². The van der Waals surface area contributed by atoms with E-state index in [0.29, 0.717) is 6.42 Å². The Labute approximate surface area is 170 Å². The van der Waals surface area contributed by atoms with E-state index in [1.807, 2.05) is 25.1 Å². The Hall–Kier alpha value is -1.90. The third-order valence-electron chi connectivity index (χ3n) is 5.27. The Morgan fingerprint density at radius 1 is 0.929 bits per heavy atom. The lowest BCUT2D eigenvalue weighted by atomic mass is 10.1. The predicted molar refractivity (Wildman–Crippen MR) is 118 cm³/mol. The van der Waals surface area contributed by atoms with Gasteiger partial charge < -0.3 is 4.42 Å². The van der Waals surface area contributed by atoms with Crippen LogP contribution in [-0.4, -0.2) is 10.8 Å². The molecule has 2 rings (SSSR count). The minimum atomic E-state index is 0.0226. The molecule has 1 aromatic heterocycles. The highest BCUT2D eigenvalue weighted by Gasteiger charge is 2.14. The van der Waals surface area contributed by atoms with Gasteiger partial charge in [0.1, 0.15) is 5.52 Å². The van der Waals surface area contributed by atoms with E-state index in [1.165, 1.54) is 57.8 Å². The fourth-order valence-corrected chi connectivity index (χ4v) is 3.49. The molecule has 1 heterocycles. The Morgan fingerprint density at radius 3 is 2.25 bits per heavy atom. The topological polar surface area (TPSA) is 43.1 Å². The smallest absolute Gasteiger partial charge is 0.264 e. The number of carbonyl (C=O) groups excluding carboxylic acids is 1. The zero-order valence-corrected chi connectivity index (χ0v) is 17.8. The van der Waals surface area contributed by atoms with Crippen molar-refractivity contribution in [3.63, 3.8) is 0 Å². The molecule has 0 radical (unpaired) electrons. The lowest BCUT2D eigenvalue weighted by molar-refractivity contribution is 0.0947. The summed E-state index contributed by atoms with van der Waals surface area (Å²) >= 11 is 0. The molecule has 0 fully saturated rings. The minimum absolute atomic E-state index is 0.0226. The van der Waals surface area contributed by atoms with Crippen molar-refractivity contribution in [2.24, 2.45) is 0 Å². The van der Waals surface area contributed by atoms with Crippen molar-refractivity contribution < 1.29 is 9.21 Å². The minimum Gasteiger partial charge on any atom is -0.433 e. The van der Waals surface area contributed by atoms with Crippen LogP contribution in [0.2, 0.25) is 0 Å². The van der Waals surface area contributed by atoms with Crippen LogP contribution in [0.4, 0.5) is 0 Å². The summed E-state index contributed by atoms with van der Waals surface area (Å²) < 4.78 is 5.66. The molecule has 1 aromatic carbocycles. The summed E-state index contributed by atoms with van der Waals surface area (Å²) in [6.07, 6.45) is 20.2. The Bertz CT molecular complexity index is 729. The van der Waals surface area contributed by atoms with Crippen molar-refractivity contribution in [1.82, 2.24) is 4.98 Å². The number of oxazole rings is 1. The highest BCUT2D eigenvalue weighted by Crippen LogP contribution is 2.20. The van der Waals surface area contributed by atoms with Crippen LogP contribution in [0.3, 0.4) is 0 Å². The molecule has 2 aromatic rings. The first-order chi connectivity index (χ1) is 13.7. The first kappa shape index (κ1) is 22.4. The fraction of sp³-hybridized carbons (Fsp3) is 0.600. The van der Waals surface area contributed by atoms with E-state index in [4.69, 9.17) is 4.42 Å². The Morgan fingerprint density at radius 2 is 1.57 bits per heavy atom. The third-order valence-corrected chi connectivity index (χ3v) is 5.27. The molecule has 0 saturated carbocycles. The molecule has 0 amide bonds. The molecule has 0 saturated heterocycles. The highest BCUT2D eigenvalue weighted by molar-refractivity contribution is 5.94.